The molecule has 0 aliphatic heterocycles. The maximum absolute atomic E-state index is 12.9. The van der Waals surface area contributed by atoms with E-state index in [1.165, 1.54) is 16.9 Å². The highest BCUT2D eigenvalue weighted by molar-refractivity contribution is 7.10. The number of benzene rings is 2. The summed E-state index contributed by atoms with van der Waals surface area (Å²) < 4.78 is 5.13. The lowest BCUT2D eigenvalue weighted by Crippen LogP contribution is -2.39. The third kappa shape index (κ3) is 6.83. The zero-order chi connectivity index (χ0) is 22.1. The van der Waals surface area contributed by atoms with Crippen molar-refractivity contribution in [1.29, 1.82) is 0 Å². The summed E-state index contributed by atoms with van der Waals surface area (Å²) in [4.78, 5) is 26.5. The quantitative estimate of drug-likeness (QED) is 0.481. The molecule has 3 aromatic rings. The van der Waals surface area contributed by atoms with Crippen LogP contribution in [-0.2, 0) is 11.2 Å². The van der Waals surface area contributed by atoms with E-state index in [-0.39, 0.29) is 23.6 Å². The molecule has 0 saturated carbocycles. The predicted octanol–water partition coefficient (Wildman–Crippen LogP) is 4.67. The number of thiophene rings is 1. The van der Waals surface area contributed by atoms with Crippen molar-refractivity contribution in [2.75, 3.05) is 7.11 Å². The zero-order valence-corrected chi connectivity index (χ0v) is 18.4. The van der Waals surface area contributed by atoms with E-state index < -0.39 is 0 Å². The Bertz CT molecular complexity index is 1010. The summed E-state index contributed by atoms with van der Waals surface area (Å²) in [6, 6.07) is 20.7. The first-order chi connectivity index (χ1) is 15.0. The van der Waals surface area contributed by atoms with Gasteiger partial charge in [0.2, 0.25) is 0 Å². The van der Waals surface area contributed by atoms with Gasteiger partial charge in [-0.1, -0.05) is 36.4 Å². The molecule has 0 bridgehead atoms. The minimum absolute atomic E-state index is 0.0441. The molecule has 0 spiro atoms. The van der Waals surface area contributed by atoms with Crippen molar-refractivity contribution in [2.24, 2.45) is 0 Å². The average Bonchev–Trinajstić information content (AvgIpc) is 3.31. The lowest BCUT2D eigenvalue weighted by molar-refractivity contribution is -0.118. The second kappa shape index (κ2) is 11.1. The molecule has 1 atom stereocenters. The number of carbonyl (C=O) groups is 2. The Labute approximate surface area is 186 Å². The highest BCUT2D eigenvalue weighted by Gasteiger charge is 2.17. The van der Waals surface area contributed by atoms with Crippen LogP contribution in [0.1, 0.15) is 34.1 Å². The van der Waals surface area contributed by atoms with Gasteiger partial charge in [-0.05, 0) is 67.1 Å². The van der Waals surface area contributed by atoms with Crippen molar-refractivity contribution >= 4 is 29.2 Å². The second-order valence-electron chi connectivity index (χ2n) is 7.15. The summed E-state index contributed by atoms with van der Waals surface area (Å²) >= 11 is 1.50. The molecule has 2 N–H and O–H groups in total. The lowest BCUT2D eigenvalue weighted by Gasteiger charge is -2.16. The van der Waals surface area contributed by atoms with Crippen molar-refractivity contribution in [3.63, 3.8) is 0 Å². The molecule has 2 amide bonds. The molecule has 1 heterocycles. The predicted molar refractivity (Wildman–Crippen MR) is 125 cm³/mol. The van der Waals surface area contributed by atoms with E-state index in [0.29, 0.717) is 11.3 Å². The Morgan fingerprint density at radius 2 is 1.77 bits per heavy atom. The van der Waals surface area contributed by atoms with Crippen LogP contribution in [0.3, 0.4) is 0 Å². The molecule has 160 valence electrons. The first kappa shape index (κ1) is 22.3. The van der Waals surface area contributed by atoms with Gasteiger partial charge in [0.05, 0.1) is 7.11 Å². The molecule has 1 aromatic heterocycles. The molecular weight excluding hydrogens is 408 g/mol. The first-order valence-corrected chi connectivity index (χ1v) is 11.0. The molecule has 0 radical (unpaired) electrons. The maximum Gasteiger partial charge on any atom is 0.268 e. The summed E-state index contributed by atoms with van der Waals surface area (Å²) in [6.07, 6.45) is 3.37. The van der Waals surface area contributed by atoms with Crippen LogP contribution < -0.4 is 15.4 Å². The van der Waals surface area contributed by atoms with Crippen LogP contribution in [-0.4, -0.2) is 25.0 Å². The normalized spacial score (nSPS) is 12.1. The largest absolute Gasteiger partial charge is 0.497 e. The number of carbonyl (C=O) groups excluding carboxylic acids is 2. The molecule has 3 rings (SSSR count). The number of aryl methyl sites for hydroxylation is 1. The van der Waals surface area contributed by atoms with Gasteiger partial charge >= 0.3 is 0 Å². The summed E-state index contributed by atoms with van der Waals surface area (Å²) in [5.41, 5.74) is 1.89. The standard InChI is InChI=1S/C25H26N2O3S/c1-18(10-11-19-7-4-3-5-8-19)26-25(29)23(17-22-9-6-16-31-22)27-24(28)20-12-14-21(30-2)15-13-20/h3-9,12-18H,10-11H2,1-2H3,(H,26,29)(H,27,28)/b23-17-/t18-/m1/s1. The fourth-order valence-electron chi connectivity index (χ4n) is 3.01. The van der Waals surface area contributed by atoms with Gasteiger partial charge in [0.25, 0.3) is 11.8 Å². The molecule has 0 aliphatic rings. The Hall–Kier alpha value is -3.38. The van der Waals surface area contributed by atoms with Gasteiger partial charge in [-0.2, -0.15) is 0 Å². The summed E-state index contributed by atoms with van der Waals surface area (Å²) in [7, 11) is 1.57. The molecule has 0 aliphatic carbocycles. The number of ether oxygens (including phenoxy) is 1. The smallest absolute Gasteiger partial charge is 0.268 e. The summed E-state index contributed by atoms with van der Waals surface area (Å²) in [6.45, 7) is 1.97. The van der Waals surface area contributed by atoms with Crippen LogP contribution in [0.2, 0.25) is 0 Å². The monoisotopic (exact) mass is 434 g/mol. The third-order valence-corrected chi connectivity index (χ3v) is 5.58. The molecule has 6 heteroatoms. The minimum atomic E-state index is -0.349. The molecule has 2 aromatic carbocycles. The highest BCUT2D eigenvalue weighted by atomic mass is 32.1. The minimum Gasteiger partial charge on any atom is -0.497 e. The molecule has 0 fully saturated rings. The third-order valence-electron chi connectivity index (χ3n) is 4.76. The van der Waals surface area contributed by atoms with E-state index in [1.807, 2.05) is 42.6 Å². The summed E-state index contributed by atoms with van der Waals surface area (Å²) in [5, 5.41) is 7.69. The zero-order valence-electron chi connectivity index (χ0n) is 17.6. The number of hydrogen-bond donors (Lipinski definition) is 2. The number of hydrogen-bond acceptors (Lipinski definition) is 4. The second-order valence-corrected chi connectivity index (χ2v) is 8.13. The fourth-order valence-corrected chi connectivity index (χ4v) is 3.67. The van der Waals surface area contributed by atoms with Crippen LogP contribution in [0.4, 0.5) is 0 Å². The number of rotatable bonds is 9. The van der Waals surface area contributed by atoms with Gasteiger partial charge < -0.3 is 15.4 Å². The van der Waals surface area contributed by atoms with E-state index in [4.69, 9.17) is 4.74 Å². The van der Waals surface area contributed by atoms with E-state index in [9.17, 15) is 9.59 Å². The SMILES string of the molecule is COc1ccc(C(=O)N/C(=C\c2cccs2)C(=O)N[C@H](C)CCc2ccccc2)cc1. The van der Waals surface area contributed by atoms with E-state index in [2.05, 4.69) is 22.8 Å². The lowest BCUT2D eigenvalue weighted by atomic mass is 10.1. The average molecular weight is 435 g/mol. The van der Waals surface area contributed by atoms with Crippen molar-refractivity contribution in [2.45, 2.75) is 25.8 Å². The molecule has 0 unspecified atom stereocenters. The van der Waals surface area contributed by atoms with Gasteiger partial charge in [-0.3, -0.25) is 9.59 Å². The topological polar surface area (TPSA) is 67.4 Å². The van der Waals surface area contributed by atoms with Gasteiger partial charge in [-0.25, -0.2) is 0 Å². The van der Waals surface area contributed by atoms with Crippen LogP contribution in [0.15, 0.2) is 77.8 Å². The van der Waals surface area contributed by atoms with Crippen molar-refractivity contribution in [3.8, 4) is 5.75 Å². The van der Waals surface area contributed by atoms with Crippen LogP contribution >= 0.6 is 11.3 Å². The Morgan fingerprint density at radius 1 is 1.03 bits per heavy atom. The summed E-state index contributed by atoms with van der Waals surface area (Å²) in [5.74, 6) is 0.00394. The molecule has 0 saturated heterocycles. The Morgan fingerprint density at radius 3 is 2.42 bits per heavy atom. The highest BCUT2D eigenvalue weighted by Crippen LogP contribution is 2.15. The van der Waals surface area contributed by atoms with Crippen LogP contribution in [0.5, 0.6) is 5.75 Å². The van der Waals surface area contributed by atoms with Crippen molar-refractivity contribution < 1.29 is 14.3 Å². The Balaban J connectivity index is 1.67. The van der Waals surface area contributed by atoms with Gasteiger partial charge in [-0.15, -0.1) is 11.3 Å². The molecule has 31 heavy (non-hydrogen) atoms. The maximum atomic E-state index is 12.9. The van der Waals surface area contributed by atoms with Crippen LogP contribution in [0, 0.1) is 0 Å². The van der Waals surface area contributed by atoms with Crippen molar-refractivity contribution in [3.05, 3.63) is 93.8 Å². The van der Waals surface area contributed by atoms with E-state index in [0.717, 1.165) is 17.7 Å². The van der Waals surface area contributed by atoms with Gasteiger partial charge in [0, 0.05) is 16.5 Å². The molecule has 5 nitrogen and oxygen atoms in total. The van der Waals surface area contributed by atoms with E-state index >= 15 is 0 Å². The number of methoxy groups -OCH3 is 1. The van der Waals surface area contributed by atoms with Gasteiger partial charge in [0.1, 0.15) is 11.4 Å². The fraction of sp³-hybridized carbons (Fsp3) is 0.200. The number of nitrogens with one attached hydrogen (secondary N) is 2. The van der Waals surface area contributed by atoms with Crippen LogP contribution in [0.25, 0.3) is 6.08 Å². The van der Waals surface area contributed by atoms with Gasteiger partial charge in [0.15, 0.2) is 0 Å². The van der Waals surface area contributed by atoms with E-state index in [1.54, 1.807) is 37.5 Å². The van der Waals surface area contributed by atoms with Crippen molar-refractivity contribution in [1.82, 2.24) is 10.6 Å². The Kier molecular flexibility index (Phi) is 8.01. The first-order valence-electron chi connectivity index (χ1n) is 10.1. The molecular formula is C25H26N2O3S. The number of amides is 2.